The van der Waals surface area contributed by atoms with Crippen LogP contribution in [0, 0.1) is 11.3 Å². The summed E-state index contributed by atoms with van der Waals surface area (Å²) in [6.07, 6.45) is 9.23. The molecule has 4 heteroatoms. The number of ether oxygens (including phenoxy) is 3. The molecule has 6 rings (SSSR count). The first-order valence-corrected chi connectivity index (χ1v) is 15.1. The van der Waals surface area contributed by atoms with Gasteiger partial charge >= 0.3 is 5.97 Å². The predicted molar refractivity (Wildman–Crippen MR) is 159 cm³/mol. The molecule has 0 radical (unpaired) electrons. The molecule has 0 unspecified atom stereocenters. The molecule has 3 aliphatic carbocycles. The minimum absolute atomic E-state index is 0.143. The summed E-state index contributed by atoms with van der Waals surface area (Å²) in [5.41, 5.74) is 6.58. The van der Waals surface area contributed by atoms with Crippen LogP contribution in [-0.2, 0) is 16.1 Å². The van der Waals surface area contributed by atoms with Crippen LogP contribution in [-0.4, -0.2) is 19.2 Å². The number of methoxy groups -OCH3 is 1. The predicted octanol–water partition coefficient (Wildman–Crippen LogP) is 8.82. The molecule has 3 aliphatic rings. The molecule has 2 atom stereocenters. The second-order valence-electron chi connectivity index (χ2n) is 12.8. The van der Waals surface area contributed by atoms with E-state index in [1.54, 1.807) is 0 Å². The third-order valence-corrected chi connectivity index (χ3v) is 9.22. The normalized spacial score (nSPS) is 20.6. The summed E-state index contributed by atoms with van der Waals surface area (Å²) in [5.74, 6) is 2.95. The maximum atomic E-state index is 12.0. The smallest absolute Gasteiger partial charge is 0.306 e. The molecule has 0 saturated heterocycles. The van der Waals surface area contributed by atoms with Crippen molar-refractivity contribution in [2.75, 3.05) is 7.11 Å². The molecule has 3 saturated carbocycles. The second-order valence-corrected chi connectivity index (χ2v) is 12.8. The Hall–Kier alpha value is -3.27. The van der Waals surface area contributed by atoms with E-state index in [-0.39, 0.29) is 17.3 Å². The first-order valence-electron chi connectivity index (χ1n) is 15.1. The van der Waals surface area contributed by atoms with E-state index < -0.39 is 0 Å². The Morgan fingerprint density at radius 1 is 0.925 bits per heavy atom. The number of benzene rings is 3. The first-order chi connectivity index (χ1) is 19.4. The van der Waals surface area contributed by atoms with Crippen molar-refractivity contribution in [2.45, 2.75) is 89.8 Å². The quantitative estimate of drug-likeness (QED) is 0.229. The van der Waals surface area contributed by atoms with Gasteiger partial charge in [-0.2, -0.15) is 0 Å². The molecule has 210 valence electrons. The van der Waals surface area contributed by atoms with Gasteiger partial charge in [0, 0.05) is 0 Å². The molecule has 0 aliphatic heterocycles. The molecule has 3 aromatic rings. The van der Waals surface area contributed by atoms with Gasteiger partial charge in [0.1, 0.15) is 18.1 Å². The zero-order chi connectivity index (χ0) is 27.7. The highest BCUT2D eigenvalue weighted by Crippen LogP contribution is 2.51. The van der Waals surface area contributed by atoms with Gasteiger partial charge in [-0.25, -0.2) is 0 Å². The maximum absolute atomic E-state index is 12.0. The summed E-state index contributed by atoms with van der Waals surface area (Å²) in [6.45, 7) is 5.35. The van der Waals surface area contributed by atoms with Crippen molar-refractivity contribution in [3.63, 3.8) is 0 Å². The van der Waals surface area contributed by atoms with Gasteiger partial charge in [-0.05, 0) is 114 Å². The van der Waals surface area contributed by atoms with Gasteiger partial charge in [-0.1, -0.05) is 62.7 Å². The lowest BCUT2D eigenvalue weighted by molar-refractivity contribution is -0.141. The van der Waals surface area contributed by atoms with Crippen molar-refractivity contribution < 1.29 is 19.0 Å². The lowest BCUT2D eigenvalue weighted by atomic mass is 9.75. The lowest BCUT2D eigenvalue weighted by Crippen LogP contribution is -2.16. The molecular formula is C36H42O4. The zero-order valence-corrected chi connectivity index (χ0v) is 24.2. The lowest BCUT2D eigenvalue weighted by Gasteiger charge is -2.30. The average Bonchev–Trinajstić information content (AvgIpc) is 3.90. The van der Waals surface area contributed by atoms with Gasteiger partial charge in [0.2, 0.25) is 0 Å². The van der Waals surface area contributed by atoms with E-state index in [4.69, 9.17) is 14.2 Å². The van der Waals surface area contributed by atoms with Crippen molar-refractivity contribution >= 4 is 5.97 Å². The van der Waals surface area contributed by atoms with E-state index in [2.05, 4.69) is 68.4 Å². The van der Waals surface area contributed by atoms with Crippen molar-refractivity contribution in [3.8, 4) is 22.6 Å². The van der Waals surface area contributed by atoms with E-state index in [1.807, 2.05) is 12.1 Å². The van der Waals surface area contributed by atoms with Crippen molar-refractivity contribution in [1.29, 1.82) is 0 Å². The number of esters is 1. The molecule has 40 heavy (non-hydrogen) atoms. The van der Waals surface area contributed by atoms with E-state index in [0.29, 0.717) is 31.0 Å². The summed E-state index contributed by atoms with van der Waals surface area (Å²) >= 11 is 0. The van der Waals surface area contributed by atoms with Gasteiger partial charge in [-0.15, -0.1) is 0 Å². The largest absolute Gasteiger partial charge is 0.490 e. The van der Waals surface area contributed by atoms with Crippen LogP contribution in [0.1, 0.15) is 93.7 Å². The highest BCUT2D eigenvalue weighted by molar-refractivity contribution is 5.71. The molecule has 0 heterocycles. The summed E-state index contributed by atoms with van der Waals surface area (Å²) in [6, 6.07) is 23.8. The fourth-order valence-corrected chi connectivity index (χ4v) is 6.59. The number of hydrogen-bond donors (Lipinski definition) is 0. The maximum Gasteiger partial charge on any atom is 0.306 e. The number of rotatable bonds is 11. The Morgan fingerprint density at radius 3 is 2.45 bits per heavy atom. The molecular weight excluding hydrogens is 496 g/mol. The molecule has 0 N–H and O–H groups in total. The minimum Gasteiger partial charge on any atom is -0.490 e. The third-order valence-electron chi connectivity index (χ3n) is 9.22. The van der Waals surface area contributed by atoms with Crippen LogP contribution in [0.2, 0.25) is 0 Å². The molecule has 3 aromatic carbocycles. The summed E-state index contributed by atoms with van der Waals surface area (Å²) in [4.78, 5) is 12.0. The van der Waals surface area contributed by atoms with Gasteiger partial charge < -0.3 is 14.2 Å². The fraction of sp³-hybridized carbons (Fsp3) is 0.472. The summed E-state index contributed by atoms with van der Waals surface area (Å²) in [5, 5.41) is 0. The Balaban J connectivity index is 1.24. The highest BCUT2D eigenvalue weighted by Gasteiger charge is 2.37. The van der Waals surface area contributed by atoms with E-state index in [9.17, 15) is 4.79 Å². The highest BCUT2D eigenvalue weighted by atomic mass is 16.5. The third kappa shape index (κ3) is 6.22. The van der Waals surface area contributed by atoms with Crippen LogP contribution in [0.15, 0.2) is 66.7 Å². The van der Waals surface area contributed by atoms with E-state index >= 15 is 0 Å². The Bertz CT molecular complexity index is 1350. The summed E-state index contributed by atoms with van der Waals surface area (Å²) in [7, 11) is 1.47. The Labute approximate surface area is 239 Å². The number of carbonyl (C=O) groups is 1. The molecule has 0 amide bonds. The van der Waals surface area contributed by atoms with Crippen molar-refractivity contribution in [3.05, 3.63) is 83.4 Å². The van der Waals surface area contributed by atoms with E-state index in [1.165, 1.54) is 67.0 Å². The zero-order valence-electron chi connectivity index (χ0n) is 24.2. The Kier molecular flexibility index (Phi) is 7.61. The van der Waals surface area contributed by atoms with Crippen LogP contribution < -0.4 is 9.47 Å². The molecule has 3 fully saturated rings. The fourth-order valence-electron chi connectivity index (χ4n) is 6.59. The summed E-state index contributed by atoms with van der Waals surface area (Å²) < 4.78 is 17.5. The standard InChI is InChI=1S/C36H42O4/c1-36(2)18-6-11-34(36)33-19-24(12-17-31(33)26-7-5-10-30(21-26)40-28-15-16-28)23-39-29-9-4-8-27(20-29)32(25-13-14-25)22-35(37)38-3/h4-5,7-10,12,17,19-21,25,28,32,34H,6,11,13-16,18,22-23H2,1-3H3/t32-,34+/m0/s1. The van der Waals surface area contributed by atoms with Gasteiger partial charge in [0.25, 0.3) is 0 Å². The number of hydrogen-bond acceptors (Lipinski definition) is 4. The van der Waals surface area contributed by atoms with Crippen LogP contribution in [0.5, 0.6) is 11.5 Å². The van der Waals surface area contributed by atoms with Crippen LogP contribution >= 0.6 is 0 Å². The minimum atomic E-state index is -0.143. The second kappa shape index (κ2) is 11.3. The van der Waals surface area contributed by atoms with Gasteiger partial charge in [0.15, 0.2) is 0 Å². The van der Waals surface area contributed by atoms with Crippen molar-refractivity contribution in [1.82, 2.24) is 0 Å². The molecule has 0 spiro atoms. The van der Waals surface area contributed by atoms with Crippen LogP contribution in [0.4, 0.5) is 0 Å². The molecule has 4 nitrogen and oxygen atoms in total. The topological polar surface area (TPSA) is 44.8 Å². The van der Waals surface area contributed by atoms with Gasteiger partial charge in [-0.3, -0.25) is 4.79 Å². The van der Waals surface area contributed by atoms with E-state index in [0.717, 1.165) is 24.3 Å². The van der Waals surface area contributed by atoms with Gasteiger partial charge in [0.05, 0.1) is 19.6 Å². The number of carbonyl (C=O) groups excluding carboxylic acids is 1. The Morgan fingerprint density at radius 2 is 1.73 bits per heavy atom. The molecule has 0 bridgehead atoms. The van der Waals surface area contributed by atoms with Crippen LogP contribution in [0.25, 0.3) is 11.1 Å². The monoisotopic (exact) mass is 538 g/mol. The SMILES string of the molecule is COC(=O)C[C@H](c1cccc(OCc2ccc(-c3cccc(OC4CC4)c3)c([C@H]3CCCC3(C)C)c2)c1)C1CC1. The molecule has 0 aromatic heterocycles. The average molecular weight is 539 g/mol. The van der Waals surface area contributed by atoms with Crippen molar-refractivity contribution in [2.24, 2.45) is 11.3 Å². The first kappa shape index (κ1) is 26.9. The van der Waals surface area contributed by atoms with Crippen LogP contribution in [0.3, 0.4) is 0 Å².